The van der Waals surface area contributed by atoms with E-state index in [-0.39, 0.29) is 24.0 Å². The zero-order valence-corrected chi connectivity index (χ0v) is 17.0. The van der Waals surface area contributed by atoms with Gasteiger partial charge in [0.05, 0.1) is 19.8 Å². The van der Waals surface area contributed by atoms with E-state index in [1.54, 1.807) is 6.92 Å². The molecule has 1 amide bonds. The lowest BCUT2D eigenvalue weighted by molar-refractivity contribution is -0.921. The van der Waals surface area contributed by atoms with Crippen molar-refractivity contribution in [3.8, 4) is 11.5 Å². The third kappa shape index (κ3) is 6.14. The summed E-state index contributed by atoms with van der Waals surface area (Å²) in [7, 11) is 0. The Morgan fingerprint density at radius 2 is 1.87 bits per heavy atom. The number of carbonyl (C=O) groups excluding carboxylic acids is 1. The van der Waals surface area contributed by atoms with Crippen molar-refractivity contribution in [2.45, 2.75) is 26.6 Å². The van der Waals surface area contributed by atoms with Crippen LogP contribution in [-0.4, -0.2) is 45.4 Å². The molecule has 0 bridgehead atoms. The van der Waals surface area contributed by atoms with Gasteiger partial charge in [-0.2, -0.15) is 8.78 Å². The van der Waals surface area contributed by atoms with Crippen molar-refractivity contribution in [1.29, 1.82) is 0 Å². The molecule has 0 aliphatic carbocycles. The summed E-state index contributed by atoms with van der Waals surface area (Å²) < 4.78 is 40.3. The Balaban J connectivity index is 1.66. The van der Waals surface area contributed by atoms with Gasteiger partial charge in [0.2, 0.25) is 0 Å². The molecule has 1 heterocycles. The summed E-state index contributed by atoms with van der Waals surface area (Å²) in [5.41, 5.74) is 2.55. The van der Waals surface area contributed by atoms with Crippen LogP contribution in [0.4, 0.5) is 8.78 Å². The van der Waals surface area contributed by atoms with Crippen LogP contribution in [0, 0.1) is 0 Å². The lowest BCUT2D eigenvalue weighted by atomic mass is 10.1. The maximum Gasteiger partial charge on any atom is 0.387 e. The number of benzene rings is 2. The van der Waals surface area contributed by atoms with Crippen LogP contribution in [-0.2, 0) is 17.8 Å². The van der Waals surface area contributed by atoms with Crippen LogP contribution in [0.5, 0.6) is 11.5 Å². The minimum absolute atomic E-state index is 0.0952. The standard InChI is InChI=1S/C22H26F2N2O4/c1-2-29-20-13-16(7-8-19(20)30-22(23)24)21(27)25-14-17-5-3-4-6-18(17)15-26-9-11-28-12-10-26/h3-8,13,22H,2,9-12,14-15H2,1H3,(H,25,27)/p+1. The molecule has 0 atom stereocenters. The van der Waals surface area contributed by atoms with Crippen molar-refractivity contribution in [2.75, 3.05) is 32.9 Å². The number of rotatable bonds is 9. The zero-order chi connectivity index (χ0) is 21.3. The number of quaternary nitrogens is 1. The summed E-state index contributed by atoms with van der Waals surface area (Å²) in [6.07, 6.45) is 0. The number of hydrogen-bond acceptors (Lipinski definition) is 4. The topological polar surface area (TPSA) is 61.2 Å². The van der Waals surface area contributed by atoms with Crippen molar-refractivity contribution in [1.82, 2.24) is 5.32 Å². The molecule has 0 aromatic heterocycles. The van der Waals surface area contributed by atoms with Gasteiger partial charge < -0.3 is 24.4 Å². The second-order valence-electron chi connectivity index (χ2n) is 6.96. The van der Waals surface area contributed by atoms with Gasteiger partial charge >= 0.3 is 6.61 Å². The summed E-state index contributed by atoms with van der Waals surface area (Å²) in [5.74, 6) is -0.294. The third-order valence-corrected chi connectivity index (χ3v) is 4.92. The highest BCUT2D eigenvalue weighted by Gasteiger charge is 2.17. The maximum absolute atomic E-state index is 12.6. The van der Waals surface area contributed by atoms with Crippen LogP contribution >= 0.6 is 0 Å². The summed E-state index contributed by atoms with van der Waals surface area (Å²) in [4.78, 5) is 14.1. The molecular formula is C22H27F2N2O4+. The number of morpholine rings is 1. The number of carbonyl (C=O) groups is 1. The van der Waals surface area contributed by atoms with Gasteiger partial charge in [0.15, 0.2) is 11.5 Å². The number of halogens is 2. The van der Waals surface area contributed by atoms with E-state index in [4.69, 9.17) is 9.47 Å². The van der Waals surface area contributed by atoms with Crippen molar-refractivity contribution in [3.63, 3.8) is 0 Å². The largest absolute Gasteiger partial charge is 0.490 e. The second-order valence-corrected chi connectivity index (χ2v) is 6.96. The average molecular weight is 421 g/mol. The monoisotopic (exact) mass is 421 g/mol. The normalized spacial score (nSPS) is 14.5. The quantitative estimate of drug-likeness (QED) is 0.651. The SMILES string of the molecule is CCOc1cc(C(=O)NCc2ccccc2C[NH+]2CCOCC2)ccc1OC(F)F. The molecule has 6 nitrogen and oxygen atoms in total. The molecule has 30 heavy (non-hydrogen) atoms. The molecule has 2 aromatic rings. The van der Waals surface area contributed by atoms with Crippen LogP contribution in [0.15, 0.2) is 42.5 Å². The fourth-order valence-corrected chi connectivity index (χ4v) is 3.40. The van der Waals surface area contributed by atoms with E-state index in [0.29, 0.717) is 12.1 Å². The molecule has 0 radical (unpaired) electrons. The predicted octanol–water partition coefficient (Wildman–Crippen LogP) is 2.03. The number of hydrogen-bond donors (Lipinski definition) is 2. The first-order valence-corrected chi connectivity index (χ1v) is 10.0. The molecule has 2 N–H and O–H groups in total. The van der Waals surface area contributed by atoms with E-state index in [2.05, 4.69) is 16.1 Å². The highest BCUT2D eigenvalue weighted by atomic mass is 19.3. The van der Waals surface area contributed by atoms with Crippen molar-refractivity contribution < 1.29 is 32.7 Å². The molecule has 1 aliphatic rings. The Hall–Kier alpha value is -2.71. The summed E-state index contributed by atoms with van der Waals surface area (Å²) in [5, 5.41) is 2.91. The lowest BCUT2D eigenvalue weighted by Gasteiger charge is -2.24. The Morgan fingerprint density at radius 1 is 1.13 bits per heavy atom. The van der Waals surface area contributed by atoms with Gasteiger partial charge in [-0.15, -0.1) is 0 Å². The molecule has 2 aromatic carbocycles. The molecule has 3 rings (SSSR count). The van der Waals surface area contributed by atoms with Crippen LogP contribution < -0.4 is 19.7 Å². The fraction of sp³-hybridized carbons (Fsp3) is 0.409. The summed E-state index contributed by atoms with van der Waals surface area (Å²) >= 11 is 0. The number of amides is 1. The molecule has 162 valence electrons. The molecule has 0 saturated carbocycles. The second kappa shape index (κ2) is 10.9. The van der Waals surface area contributed by atoms with Gasteiger partial charge in [0.1, 0.15) is 19.6 Å². The Labute approximate surface area is 174 Å². The highest BCUT2D eigenvalue weighted by molar-refractivity contribution is 5.94. The first-order chi connectivity index (χ1) is 14.6. The highest BCUT2D eigenvalue weighted by Crippen LogP contribution is 2.30. The van der Waals surface area contributed by atoms with Gasteiger partial charge in [-0.3, -0.25) is 4.79 Å². The smallest absolute Gasteiger partial charge is 0.387 e. The fourth-order valence-electron chi connectivity index (χ4n) is 3.40. The molecule has 0 unspecified atom stereocenters. The zero-order valence-electron chi connectivity index (χ0n) is 17.0. The van der Waals surface area contributed by atoms with Crippen LogP contribution in [0.2, 0.25) is 0 Å². The van der Waals surface area contributed by atoms with E-state index in [0.717, 1.165) is 38.4 Å². The van der Waals surface area contributed by atoms with Gasteiger partial charge in [-0.05, 0) is 30.7 Å². The van der Waals surface area contributed by atoms with Crippen LogP contribution in [0.1, 0.15) is 28.4 Å². The Kier molecular flexibility index (Phi) is 7.98. The van der Waals surface area contributed by atoms with Crippen LogP contribution in [0.25, 0.3) is 0 Å². The molecule has 1 fully saturated rings. The van der Waals surface area contributed by atoms with E-state index >= 15 is 0 Å². The van der Waals surface area contributed by atoms with E-state index in [1.165, 1.54) is 28.7 Å². The molecule has 1 aliphatic heterocycles. The molecule has 0 spiro atoms. The minimum Gasteiger partial charge on any atom is -0.490 e. The molecular weight excluding hydrogens is 394 g/mol. The first-order valence-electron chi connectivity index (χ1n) is 10.0. The average Bonchev–Trinajstić information content (AvgIpc) is 2.75. The van der Waals surface area contributed by atoms with Gasteiger partial charge in [-0.1, -0.05) is 24.3 Å². The summed E-state index contributed by atoms with van der Waals surface area (Å²) in [6, 6.07) is 12.2. The van der Waals surface area contributed by atoms with Gasteiger partial charge in [-0.25, -0.2) is 0 Å². The maximum atomic E-state index is 12.6. The van der Waals surface area contributed by atoms with E-state index in [9.17, 15) is 13.6 Å². The van der Waals surface area contributed by atoms with Gasteiger partial charge in [0, 0.05) is 17.7 Å². The first kappa shape index (κ1) is 22.0. The Morgan fingerprint density at radius 3 is 2.57 bits per heavy atom. The van der Waals surface area contributed by atoms with Crippen molar-refractivity contribution >= 4 is 5.91 Å². The molecule has 8 heteroatoms. The third-order valence-electron chi connectivity index (χ3n) is 4.92. The number of alkyl halides is 2. The minimum atomic E-state index is -2.96. The molecule has 1 saturated heterocycles. The van der Waals surface area contributed by atoms with Crippen molar-refractivity contribution in [2.24, 2.45) is 0 Å². The summed E-state index contributed by atoms with van der Waals surface area (Å²) in [6.45, 7) is 3.75. The van der Waals surface area contributed by atoms with Gasteiger partial charge in [0.25, 0.3) is 5.91 Å². The lowest BCUT2D eigenvalue weighted by Crippen LogP contribution is -3.12. The number of ether oxygens (including phenoxy) is 3. The van der Waals surface area contributed by atoms with Crippen LogP contribution in [0.3, 0.4) is 0 Å². The van der Waals surface area contributed by atoms with Crippen molar-refractivity contribution in [3.05, 3.63) is 59.2 Å². The number of nitrogens with one attached hydrogen (secondary N) is 2. The van der Waals surface area contributed by atoms with E-state index in [1.807, 2.05) is 18.2 Å². The van der Waals surface area contributed by atoms with E-state index < -0.39 is 6.61 Å². The predicted molar refractivity (Wildman–Crippen MR) is 107 cm³/mol. The Bertz CT molecular complexity index is 842.